The van der Waals surface area contributed by atoms with Crippen LogP contribution in [0.15, 0.2) is 30.3 Å². The molecule has 1 atom stereocenters. The Bertz CT molecular complexity index is 394. The van der Waals surface area contributed by atoms with Gasteiger partial charge in [-0.25, -0.2) is 4.57 Å². The molecule has 0 bridgehead atoms. The Morgan fingerprint density at radius 3 is 2.62 bits per heavy atom. The highest BCUT2D eigenvalue weighted by Gasteiger charge is 2.24. The molecule has 1 rings (SSSR count). The van der Waals surface area contributed by atoms with E-state index in [-0.39, 0.29) is 6.16 Å². The van der Waals surface area contributed by atoms with Gasteiger partial charge in [-0.05, 0) is 18.6 Å². The van der Waals surface area contributed by atoms with Gasteiger partial charge in [0.1, 0.15) is 11.9 Å². The van der Waals surface area contributed by atoms with Crippen LogP contribution in [0.3, 0.4) is 0 Å². The quantitative estimate of drug-likeness (QED) is 0.563. The van der Waals surface area contributed by atoms with Crippen LogP contribution < -0.4 is 4.52 Å². The summed E-state index contributed by atoms with van der Waals surface area (Å²) in [5.41, 5.74) is 0. The highest BCUT2D eigenvalue weighted by atomic mass is 31.2. The fourth-order valence-corrected chi connectivity index (χ4v) is 2.42. The summed E-state index contributed by atoms with van der Waals surface area (Å²) in [4.78, 5) is 0. The van der Waals surface area contributed by atoms with E-state index in [1.54, 1.807) is 24.3 Å². The predicted molar refractivity (Wildman–Crippen MR) is 64.6 cm³/mol. The second kappa shape index (κ2) is 6.37. The maximum Gasteiger partial charge on any atom is 0.391 e. The first kappa shape index (κ1) is 12.8. The van der Waals surface area contributed by atoms with Crippen LogP contribution in [0.25, 0.3) is 0 Å². The summed E-state index contributed by atoms with van der Waals surface area (Å²) in [5.74, 6) is 2.84. The average molecular weight is 238 g/mol. The van der Waals surface area contributed by atoms with Gasteiger partial charge >= 0.3 is 7.60 Å². The first-order valence-electron chi connectivity index (χ1n) is 5.12. The second-order valence-corrected chi connectivity index (χ2v) is 5.19. The van der Waals surface area contributed by atoms with E-state index >= 15 is 0 Å². The molecule has 0 aliphatic rings. The first-order valence-corrected chi connectivity index (χ1v) is 6.84. The molecule has 0 saturated carbocycles. The number of para-hydroxylation sites is 1. The molecule has 0 amide bonds. The molecule has 0 fully saturated rings. The predicted octanol–water partition coefficient (Wildman–Crippen LogP) is 3.32. The Hall–Kier alpha value is -1.23. The third-order valence-electron chi connectivity index (χ3n) is 1.76. The molecule has 1 aromatic carbocycles. The van der Waals surface area contributed by atoms with Crippen LogP contribution in [0.2, 0.25) is 0 Å². The number of terminal acetylenes is 1. The van der Waals surface area contributed by atoms with Crippen molar-refractivity contribution in [2.45, 2.75) is 13.3 Å². The molecule has 1 unspecified atom stereocenters. The largest absolute Gasteiger partial charge is 0.424 e. The molecular weight excluding hydrogens is 223 g/mol. The Morgan fingerprint density at radius 2 is 2.06 bits per heavy atom. The fourth-order valence-electron chi connectivity index (χ4n) is 1.09. The monoisotopic (exact) mass is 238 g/mol. The van der Waals surface area contributed by atoms with Crippen molar-refractivity contribution in [1.29, 1.82) is 0 Å². The van der Waals surface area contributed by atoms with Crippen molar-refractivity contribution in [2.24, 2.45) is 0 Å². The summed E-state index contributed by atoms with van der Waals surface area (Å²) >= 11 is 0. The lowest BCUT2D eigenvalue weighted by Gasteiger charge is -2.16. The summed E-state index contributed by atoms with van der Waals surface area (Å²) in [6.45, 7) is 2.31. The summed E-state index contributed by atoms with van der Waals surface area (Å²) in [5, 5.41) is 0. The minimum Gasteiger partial charge on any atom is -0.424 e. The summed E-state index contributed by atoms with van der Waals surface area (Å²) in [6.07, 6.45) is 5.92. The standard InChI is InChI=1S/C12H15O3P/c1-3-10-14-16(13,11-4-2)15-12-8-6-5-7-9-12/h2,5-9H,3,10-11H2,1H3. The smallest absolute Gasteiger partial charge is 0.391 e. The van der Waals surface area contributed by atoms with E-state index in [1.165, 1.54) is 0 Å². The van der Waals surface area contributed by atoms with E-state index in [9.17, 15) is 4.57 Å². The first-order chi connectivity index (χ1) is 7.70. The van der Waals surface area contributed by atoms with Crippen LogP contribution in [-0.2, 0) is 9.09 Å². The zero-order chi connectivity index (χ0) is 11.9. The normalized spacial score (nSPS) is 13.8. The third kappa shape index (κ3) is 4.10. The maximum absolute atomic E-state index is 12.2. The highest BCUT2D eigenvalue weighted by molar-refractivity contribution is 7.54. The molecule has 0 radical (unpaired) electrons. The average Bonchev–Trinajstić information content (AvgIpc) is 2.28. The Morgan fingerprint density at radius 1 is 1.38 bits per heavy atom. The Balaban J connectivity index is 2.72. The molecule has 0 saturated heterocycles. The molecule has 86 valence electrons. The van der Waals surface area contributed by atoms with Gasteiger partial charge in [0.2, 0.25) is 0 Å². The van der Waals surface area contributed by atoms with Crippen LogP contribution in [0.4, 0.5) is 0 Å². The van der Waals surface area contributed by atoms with Crippen molar-refractivity contribution in [2.75, 3.05) is 12.8 Å². The van der Waals surface area contributed by atoms with Crippen LogP contribution in [-0.4, -0.2) is 12.8 Å². The molecule has 0 aromatic heterocycles. The lowest BCUT2D eigenvalue weighted by atomic mass is 10.3. The molecule has 16 heavy (non-hydrogen) atoms. The van der Waals surface area contributed by atoms with Crippen LogP contribution >= 0.6 is 7.60 Å². The van der Waals surface area contributed by atoms with Gasteiger partial charge in [-0.15, -0.1) is 6.42 Å². The molecule has 3 nitrogen and oxygen atoms in total. The van der Waals surface area contributed by atoms with Crippen LogP contribution in [0.5, 0.6) is 5.75 Å². The summed E-state index contributed by atoms with van der Waals surface area (Å²) in [6, 6.07) is 8.90. The summed E-state index contributed by atoms with van der Waals surface area (Å²) in [7, 11) is -3.19. The zero-order valence-corrected chi connectivity index (χ0v) is 10.2. The molecule has 4 heteroatoms. The maximum atomic E-state index is 12.2. The molecule has 0 aliphatic heterocycles. The van der Waals surface area contributed by atoms with E-state index in [4.69, 9.17) is 15.5 Å². The topological polar surface area (TPSA) is 35.5 Å². The van der Waals surface area contributed by atoms with E-state index in [0.29, 0.717) is 12.4 Å². The molecule has 0 heterocycles. The SMILES string of the molecule is C#CCP(=O)(OCCC)Oc1ccccc1. The number of benzene rings is 1. The van der Waals surface area contributed by atoms with E-state index in [0.717, 1.165) is 6.42 Å². The molecule has 0 aliphatic carbocycles. The molecule has 0 N–H and O–H groups in total. The van der Waals surface area contributed by atoms with Crippen molar-refractivity contribution < 1.29 is 13.6 Å². The van der Waals surface area contributed by atoms with Gasteiger partial charge in [-0.1, -0.05) is 31.0 Å². The zero-order valence-electron chi connectivity index (χ0n) is 9.26. The van der Waals surface area contributed by atoms with Gasteiger partial charge in [-0.3, -0.25) is 4.52 Å². The number of rotatable bonds is 6. The van der Waals surface area contributed by atoms with Crippen molar-refractivity contribution in [3.05, 3.63) is 30.3 Å². The molecular formula is C12H15O3P. The van der Waals surface area contributed by atoms with Crippen molar-refractivity contribution >= 4 is 7.60 Å². The van der Waals surface area contributed by atoms with Gasteiger partial charge in [0.15, 0.2) is 0 Å². The number of hydrogen-bond acceptors (Lipinski definition) is 3. The third-order valence-corrected chi connectivity index (χ3v) is 3.40. The van der Waals surface area contributed by atoms with Gasteiger partial charge in [0.25, 0.3) is 0 Å². The van der Waals surface area contributed by atoms with Gasteiger partial charge in [-0.2, -0.15) is 0 Å². The molecule has 1 aromatic rings. The van der Waals surface area contributed by atoms with Gasteiger partial charge < -0.3 is 4.52 Å². The minimum atomic E-state index is -3.19. The lowest BCUT2D eigenvalue weighted by Crippen LogP contribution is -2.02. The van der Waals surface area contributed by atoms with Crippen molar-refractivity contribution in [3.8, 4) is 18.1 Å². The van der Waals surface area contributed by atoms with Crippen molar-refractivity contribution in [3.63, 3.8) is 0 Å². The fraction of sp³-hybridized carbons (Fsp3) is 0.333. The lowest BCUT2D eigenvalue weighted by molar-refractivity contribution is 0.267. The van der Waals surface area contributed by atoms with E-state index in [1.807, 2.05) is 13.0 Å². The number of hydrogen-bond donors (Lipinski definition) is 0. The van der Waals surface area contributed by atoms with Crippen LogP contribution in [0, 0.1) is 12.3 Å². The minimum absolute atomic E-state index is 0.0120. The Labute approximate surface area is 96.3 Å². The second-order valence-electron chi connectivity index (χ2n) is 3.21. The van der Waals surface area contributed by atoms with Crippen LogP contribution in [0.1, 0.15) is 13.3 Å². The van der Waals surface area contributed by atoms with E-state index < -0.39 is 7.60 Å². The van der Waals surface area contributed by atoms with Gasteiger partial charge in [0, 0.05) is 0 Å². The van der Waals surface area contributed by atoms with E-state index in [2.05, 4.69) is 5.92 Å². The summed E-state index contributed by atoms with van der Waals surface area (Å²) < 4.78 is 22.7. The molecule has 0 spiro atoms. The Kier molecular flexibility index (Phi) is 5.11. The highest BCUT2D eigenvalue weighted by Crippen LogP contribution is 2.47. The van der Waals surface area contributed by atoms with Gasteiger partial charge in [0.05, 0.1) is 6.61 Å². The van der Waals surface area contributed by atoms with Crippen molar-refractivity contribution in [1.82, 2.24) is 0 Å².